The molecular formula is C18H20N2O2S. The van der Waals surface area contributed by atoms with Crippen LogP contribution in [0.2, 0.25) is 0 Å². The number of ether oxygens (including phenoxy) is 2. The van der Waals surface area contributed by atoms with Crippen LogP contribution >= 0.6 is 12.2 Å². The Morgan fingerprint density at radius 1 is 1.04 bits per heavy atom. The average molecular weight is 328 g/mol. The highest BCUT2D eigenvalue weighted by Gasteiger charge is 2.13. The van der Waals surface area contributed by atoms with Crippen molar-refractivity contribution in [3.05, 3.63) is 48.0 Å². The van der Waals surface area contributed by atoms with Crippen molar-refractivity contribution in [1.29, 1.82) is 0 Å². The molecule has 1 atom stereocenters. The molecule has 0 amide bonds. The molecule has 4 nitrogen and oxygen atoms in total. The molecule has 1 aliphatic rings. The molecule has 2 N–H and O–H groups in total. The summed E-state index contributed by atoms with van der Waals surface area (Å²) in [6.07, 6.45) is 1.14. The van der Waals surface area contributed by atoms with Gasteiger partial charge in [0.05, 0.1) is 0 Å². The van der Waals surface area contributed by atoms with E-state index in [9.17, 15) is 0 Å². The van der Waals surface area contributed by atoms with Crippen molar-refractivity contribution < 1.29 is 9.47 Å². The van der Waals surface area contributed by atoms with E-state index in [-0.39, 0.29) is 6.79 Å². The standard InChI is InChI=1S/C18H20N2O2S/c1-3-12(2)13-4-6-14(7-5-13)19-18(23)20-15-8-9-16-17(10-15)22-11-21-16/h4-10,12H,3,11H2,1-2H3,(H2,19,20,23). The van der Waals surface area contributed by atoms with Crippen molar-refractivity contribution >= 4 is 28.7 Å². The van der Waals surface area contributed by atoms with Crippen LogP contribution in [0, 0.1) is 0 Å². The summed E-state index contributed by atoms with van der Waals surface area (Å²) in [4.78, 5) is 0. The fraction of sp³-hybridized carbons (Fsp3) is 0.278. The lowest BCUT2D eigenvalue weighted by molar-refractivity contribution is 0.174. The molecule has 0 saturated carbocycles. The zero-order valence-corrected chi connectivity index (χ0v) is 14.1. The number of anilines is 2. The van der Waals surface area contributed by atoms with Gasteiger partial charge in [-0.3, -0.25) is 0 Å². The van der Waals surface area contributed by atoms with E-state index in [0.29, 0.717) is 11.0 Å². The number of rotatable bonds is 4. The summed E-state index contributed by atoms with van der Waals surface area (Å²) >= 11 is 5.36. The minimum Gasteiger partial charge on any atom is -0.454 e. The molecule has 0 aliphatic carbocycles. The highest BCUT2D eigenvalue weighted by atomic mass is 32.1. The second-order valence-electron chi connectivity index (χ2n) is 5.58. The molecule has 1 unspecified atom stereocenters. The van der Waals surface area contributed by atoms with E-state index in [4.69, 9.17) is 21.7 Å². The van der Waals surface area contributed by atoms with Crippen molar-refractivity contribution in [3.8, 4) is 11.5 Å². The van der Waals surface area contributed by atoms with Crippen LogP contribution in [-0.4, -0.2) is 11.9 Å². The molecule has 0 spiro atoms. The topological polar surface area (TPSA) is 42.5 Å². The Bertz CT molecular complexity index is 701. The normalized spacial score (nSPS) is 13.5. The molecule has 5 heteroatoms. The molecular weight excluding hydrogens is 308 g/mol. The first-order valence-electron chi connectivity index (χ1n) is 7.73. The maximum atomic E-state index is 5.36. The Kier molecular flexibility index (Phi) is 4.67. The number of benzene rings is 2. The van der Waals surface area contributed by atoms with Gasteiger partial charge in [-0.1, -0.05) is 26.0 Å². The van der Waals surface area contributed by atoms with Crippen molar-refractivity contribution in [2.24, 2.45) is 0 Å². The highest BCUT2D eigenvalue weighted by molar-refractivity contribution is 7.80. The third-order valence-corrected chi connectivity index (χ3v) is 4.18. The summed E-state index contributed by atoms with van der Waals surface area (Å²) in [5, 5.41) is 6.89. The van der Waals surface area contributed by atoms with Crippen LogP contribution in [0.15, 0.2) is 42.5 Å². The first-order chi connectivity index (χ1) is 11.2. The zero-order valence-electron chi connectivity index (χ0n) is 13.3. The Morgan fingerprint density at radius 2 is 1.70 bits per heavy atom. The lowest BCUT2D eigenvalue weighted by Crippen LogP contribution is -2.19. The third-order valence-electron chi connectivity index (χ3n) is 3.98. The van der Waals surface area contributed by atoms with Gasteiger partial charge in [0.2, 0.25) is 6.79 Å². The Morgan fingerprint density at radius 3 is 2.43 bits per heavy atom. The van der Waals surface area contributed by atoms with Gasteiger partial charge < -0.3 is 20.1 Å². The Hall–Kier alpha value is -2.27. The molecule has 0 saturated heterocycles. The van der Waals surface area contributed by atoms with E-state index in [1.54, 1.807) is 0 Å². The molecule has 0 fully saturated rings. The van der Waals surface area contributed by atoms with Gasteiger partial charge in [-0.15, -0.1) is 0 Å². The van der Waals surface area contributed by atoms with E-state index >= 15 is 0 Å². The van der Waals surface area contributed by atoms with Gasteiger partial charge in [0.15, 0.2) is 16.6 Å². The zero-order chi connectivity index (χ0) is 16.2. The van der Waals surface area contributed by atoms with Gasteiger partial charge in [0.1, 0.15) is 0 Å². The smallest absolute Gasteiger partial charge is 0.231 e. The summed E-state index contributed by atoms with van der Waals surface area (Å²) in [5.41, 5.74) is 3.17. The van der Waals surface area contributed by atoms with Gasteiger partial charge in [-0.25, -0.2) is 0 Å². The number of hydrogen-bond acceptors (Lipinski definition) is 3. The van der Waals surface area contributed by atoms with Crippen molar-refractivity contribution in [3.63, 3.8) is 0 Å². The largest absolute Gasteiger partial charge is 0.454 e. The minimum absolute atomic E-state index is 0.268. The van der Waals surface area contributed by atoms with Gasteiger partial charge in [0, 0.05) is 17.4 Å². The van der Waals surface area contributed by atoms with E-state index in [1.165, 1.54) is 5.56 Å². The first-order valence-corrected chi connectivity index (χ1v) is 8.14. The van der Waals surface area contributed by atoms with Crippen LogP contribution < -0.4 is 20.1 Å². The van der Waals surface area contributed by atoms with Crippen LogP contribution in [0.25, 0.3) is 0 Å². The Labute approximate surface area is 141 Å². The second kappa shape index (κ2) is 6.87. The van der Waals surface area contributed by atoms with Crippen molar-refractivity contribution in [2.45, 2.75) is 26.2 Å². The lowest BCUT2D eigenvalue weighted by atomic mass is 9.99. The molecule has 1 heterocycles. The summed E-state index contributed by atoms with van der Waals surface area (Å²) in [5.74, 6) is 2.06. The monoisotopic (exact) mass is 328 g/mol. The number of thiocarbonyl (C=S) groups is 1. The first kappa shape index (κ1) is 15.6. The summed E-state index contributed by atoms with van der Waals surface area (Å²) in [6, 6.07) is 14.0. The lowest BCUT2D eigenvalue weighted by Gasteiger charge is -2.13. The van der Waals surface area contributed by atoms with Crippen LogP contribution in [0.3, 0.4) is 0 Å². The minimum atomic E-state index is 0.268. The van der Waals surface area contributed by atoms with Crippen LogP contribution in [0.1, 0.15) is 31.7 Å². The van der Waals surface area contributed by atoms with Crippen molar-refractivity contribution in [1.82, 2.24) is 0 Å². The third kappa shape index (κ3) is 3.74. The van der Waals surface area contributed by atoms with Crippen LogP contribution in [0.5, 0.6) is 11.5 Å². The molecule has 23 heavy (non-hydrogen) atoms. The fourth-order valence-electron chi connectivity index (χ4n) is 2.40. The molecule has 0 radical (unpaired) electrons. The predicted molar refractivity (Wildman–Crippen MR) is 97.6 cm³/mol. The second-order valence-corrected chi connectivity index (χ2v) is 5.99. The van der Waals surface area contributed by atoms with Gasteiger partial charge in [-0.05, 0) is 54.4 Å². The molecule has 3 rings (SSSR count). The van der Waals surface area contributed by atoms with E-state index in [1.807, 2.05) is 18.2 Å². The summed E-state index contributed by atoms with van der Waals surface area (Å²) in [7, 11) is 0. The molecule has 120 valence electrons. The van der Waals surface area contributed by atoms with E-state index in [2.05, 4.69) is 48.7 Å². The SMILES string of the molecule is CCC(C)c1ccc(NC(=S)Nc2ccc3c(c2)OCO3)cc1. The number of fused-ring (bicyclic) bond motifs is 1. The predicted octanol–water partition coefficient (Wildman–Crippen LogP) is 4.74. The molecule has 1 aliphatic heterocycles. The van der Waals surface area contributed by atoms with Gasteiger partial charge in [0.25, 0.3) is 0 Å². The maximum Gasteiger partial charge on any atom is 0.231 e. The molecule has 2 aromatic rings. The summed E-state index contributed by atoms with van der Waals surface area (Å²) < 4.78 is 10.7. The van der Waals surface area contributed by atoms with Gasteiger partial charge in [-0.2, -0.15) is 0 Å². The molecule has 0 bridgehead atoms. The molecule has 2 aromatic carbocycles. The van der Waals surface area contributed by atoms with Gasteiger partial charge >= 0.3 is 0 Å². The fourth-order valence-corrected chi connectivity index (χ4v) is 2.63. The Balaban J connectivity index is 1.61. The number of nitrogens with one attached hydrogen (secondary N) is 2. The van der Waals surface area contributed by atoms with Crippen molar-refractivity contribution in [2.75, 3.05) is 17.4 Å². The van der Waals surface area contributed by atoms with Crippen LogP contribution in [0.4, 0.5) is 11.4 Å². The van der Waals surface area contributed by atoms with E-state index < -0.39 is 0 Å². The highest BCUT2D eigenvalue weighted by Crippen LogP contribution is 2.34. The quantitative estimate of drug-likeness (QED) is 0.794. The summed E-state index contributed by atoms with van der Waals surface area (Å²) in [6.45, 7) is 4.69. The average Bonchev–Trinajstić information content (AvgIpc) is 3.02. The molecule has 0 aromatic heterocycles. The number of hydrogen-bond donors (Lipinski definition) is 2. The van der Waals surface area contributed by atoms with E-state index in [0.717, 1.165) is 29.3 Å². The van der Waals surface area contributed by atoms with Crippen LogP contribution in [-0.2, 0) is 0 Å². The maximum absolute atomic E-state index is 5.36.